The quantitative estimate of drug-likeness (QED) is 0.886. The normalized spacial score (nSPS) is 18.5. The van der Waals surface area contributed by atoms with Gasteiger partial charge in [-0.15, -0.1) is 0 Å². The van der Waals surface area contributed by atoms with Crippen LogP contribution in [0.4, 0.5) is 0 Å². The van der Waals surface area contributed by atoms with Crippen LogP contribution in [0.25, 0.3) is 0 Å². The maximum atomic E-state index is 12.3. The zero-order valence-electron chi connectivity index (χ0n) is 14.2. The van der Waals surface area contributed by atoms with Gasteiger partial charge in [0.25, 0.3) is 5.91 Å². The van der Waals surface area contributed by atoms with E-state index in [0.29, 0.717) is 5.76 Å². The Kier molecular flexibility index (Phi) is 5.64. The minimum absolute atomic E-state index is 0.155. The lowest BCUT2D eigenvalue weighted by atomic mass is 10.0. The number of aryl methyl sites for hydroxylation is 1. The van der Waals surface area contributed by atoms with Crippen LogP contribution in [-0.2, 0) is 12.8 Å². The van der Waals surface area contributed by atoms with Gasteiger partial charge in [-0.25, -0.2) is 0 Å². The van der Waals surface area contributed by atoms with E-state index in [1.807, 2.05) is 13.0 Å². The van der Waals surface area contributed by atoms with Gasteiger partial charge in [0, 0.05) is 25.2 Å². The highest BCUT2D eigenvalue weighted by molar-refractivity contribution is 5.91. The fourth-order valence-electron chi connectivity index (χ4n) is 3.15. The molecule has 0 unspecified atom stereocenters. The molecular formula is C19H25N3O2. The van der Waals surface area contributed by atoms with Crippen molar-refractivity contribution in [2.45, 2.75) is 38.6 Å². The Morgan fingerprint density at radius 1 is 1.38 bits per heavy atom. The number of carbonyl (C=O) groups excluding carboxylic acids is 1. The number of aromatic nitrogens is 1. The van der Waals surface area contributed by atoms with Crippen molar-refractivity contribution >= 4 is 5.91 Å². The van der Waals surface area contributed by atoms with Crippen molar-refractivity contribution in [1.29, 1.82) is 0 Å². The Balaban J connectivity index is 1.49. The summed E-state index contributed by atoms with van der Waals surface area (Å²) in [5.41, 5.74) is 2.17. The molecule has 2 aromatic rings. The van der Waals surface area contributed by atoms with Gasteiger partial charge in [0.05, 0.1) is 5.69 Å². The Morgan fingerprint density at radius 2 is 2.21 bits per heavy atom. The summed E-state index contributed by atoms with van der Waals surface area (Å²) in [6, 6.07) is 12.4. The molecule has 0 saturated carbocycles. The SMILES string of the molecule is CCc1cc(C(=O)N[C@H]2CCCN(CCc3ccccc3)C2)on1. The van der Waals surface area contributed by atoms with Gasteiger partial charge in [0.15, 0.2) is 0 Å². The Labute approximate surface area is 143 Å². The molecule has 1 aliphatic heterocycles. The molecule has 1 amide bonds. The van der Waals surface area contributed by atoms with Gasteiger partial charge in [0.2, 0.25) is 5.76 Å². The molecule has 1 fully saturated rings. The van der Waals surface area contributed by atoms with E-state index in [1.54, 1.807) is 6.07 Å². The van der Waals surface area contributed by atoms with Gasteiger partial charge in [-0.2, -0.15) is 0 Å². The highest BCUT2D eigenvalue weighted by Gasteiger charge is 2.23. The fourth-order valence-corrected chi connectivity index (χ4v) is 3.15. The van der Waals surface area contributed by atoms with Crippen molar-refractivity contribution in [2.24, 2.45) is 0 Å². The molecule has 1 atom stereocenters. The molecule has 1 N–H and O–H groups in total. The minimum atomic E-state index is -0.155. The van der Waals surface area contributed by atoms with E-state index < -0.39 is 0 Å². The number of carbonyl (C=O) groups is 1. The van der Waals surface area contributed by atoms with Gasteiger partial charge in [-0.1, -0.05) is 42.4 Å². The monoisotopic (exact) mass is 327 g/mol. The molecule has 0 aliphatic carbocycles. The Hall–Kier alpha value is -2.14. The number of rotatable bonds is 6. The second kappa shape index (κ2) is 8.11. The van der Waals surface area contributed by atoms with E-state index in [-0.39, 0.29) is 11.9 Å². The number of nitrogens with one attached hydrogen (secondary N) is 1. The number of likely N-dealkylation sites (tertiary alicyclic amines) is 1. The van der Waals surface area contributed by atoms with E-state index in [2.05, 4.69) is 39.6 Å². The predicted octanol–water partition coefficient (Wildman–Crippen LogP) is 2.67. The third kappa shape index (κ3) is 4.45. The number of piperidine rings is 1. The van der Waals surface area contributed by atoms with Crippen molar-refractivity contribution in [1.82, 2.24) is 15.4 Å². The zero-order valence-corrected chi connectivity index (χ0v) is 14.2. The maximum absolute atomic E-state index is 12.3. The van der Waals surface area contributed by atoms with Crippen LogP contribution in [0.3, 0.4) is 0 Å². The molecule has 5 heteroatoms. The Morgan fingerprint density at radius 3 is 2.96 bits per heavy atom. The summed E-state index contributed by atoms with van der Waals surface area (Å²) >= 11 is 0. The van der Waals surface area contributed by atoms with Crippen LogP contribution in [0.2, 0.25) is 0 Å². The number of amides is 1. The van der Waals surface area contributed by atoms with E-state index in [0.717, 1.165) is 51.0 Å². The smallest absolute Gasteiger partial charge is 0.290 e. The topological polar surface area (TPSA) is 58.4 Å². The number of nitrogens with zero attached hydrogens (tertiary/aromatic N) is 2. The molecule has 1 aromatic heterocycles. The molecule has 0 bridgehead atoms. The largest absolute Gasteiger partial charge is 0.351 e. The zero-order chi connectivity index (χ0) is 16.8. The second-order valence-electron chi connectivity index (χ2n) is 6.38. The summed E-state index contributed by atoms with van der Waals surface area (Å²) in [7, 11) is 0. The van der Waals surface area contributed by atoms with Gasteiger partial charge in [-0.3, -0.25) is 4.79 Å². The average molecular weight is 327 g/mol. The lowest BCUT2D eigenvalue weighted by Gasteiger charge is -2.32. The number of benzene rings is 1. The molecule has 1 saturated heterocycles. The predicted molar refractivity (Wildman–Crippen MR) is 93.0 cm³/mol. The molecule has 2 heterocycles. The number of hydrogen-bond acceptors (Lipinski definition) is 4. The molecule has 24 heavy (non-hydrogen) atoms. The van der Waals surface area contributed by atoms with Crippen molar-refractivity contribution in [3.8, 4) is 0 Å². The van der Waals surface area contributed by atoms with Crippen LogP contribution in [0.5, 0.6) is 0 Å². The molecule has 0 radical (unpaired) electrons. The third-order valence-electron chi connectivity index (χ3n) is 4.55. The van der Waals surface area contributed by atoms with E-state index in [4.69, 9.17) is 4.52 Å². The molecule has 3 rings (SSSR count). The maximum Gasteiger partial charge on any atom is 0.290 e. The summed E-state index contributed by atoms with van der Waals surface area (Å²) in [5, 5.41) is 6.97. The first-order valence-electron chi connectivity index (χ1n) is 8.77. The first-order chi connectivity index (χ1) is 11.7. The Bertz CT molecular complexity index is 654. The fraction of sp³-hybridized carbons (Fsp3) is 0.474. The molecule has 1 aliphatic rings. The molecule has 0 spiro atoms. The minimum Gasteiger partial charge on any atom is -0.351 e. The first-order valence-corrected chi connectivity index (χ1v) is 8.77. The van der Waals surface area contributed by atoms with Crippen molar-refractivity contribution in [3.63, 3.8) is 0 Å². The van der Waals surface area contributed by atoms with Crippen molar-refractivity contribution in [2.75, 3.05) is 19.6 Å². The van der Waals surface area contributed by atoms with Crippen LogP contribution in [-0.4, -0.2) is 41.6 Å². The molecule has 1 aromatic carbocycles. The summed E-state index contributed by atoms with van der Waals surface area (Å²) < 4.78 is 5.12. The number of hydrogen-bond donors (Lipinski definition) is 1. The summed E-state index contributed by atoms with van der Waals surface area (Å²) in [5.74, 6) is 0.158. The van der Waals surface area contributed by atoms with Crippen molar-refractivity contribution < 1.29 is 9.32 Å². The van der Waals surface area contributed by atoms with E-state index >= 15 is 0 Å². The molecule has 5 nitrogen and oxygen atoms in total. The summed E-state index contributed by atoms with van der Waals surface area (Å²) in [6.07, 6.45) is 3.94. The van der Waals surface area contributed by atoms with Gasteiger partial charge < -0.3 is 14.7 Å². The highest BCUT2D eigenvalue weighted by atomic mass is 16.5. The van der Waals surface area contributed by atoms with Crippen molar-refractivity contribution in [3.05, 3.63) is 53.4 Å². The second-order valence-corrected chi connectivity index (χ2v) is 6.38. The van der Waals surface area contributed by atoms with Crippen LogP contribution in [0.1, 0.15) is 41.6 Å². The van der Waals surface area contributed by atoms with E-state index in [9.17, 15) is 4.79 Å². The molecular weight excluding hydrogens is 302 g/mol. The van der Waals surface area contributed by atoms with E-state index in [1.165, 1.54) is 5.56 Å². The third-order valence-corrected chi connectivity index (χ3v) is 4.55. The van der Waals surface area contributed by atoms with Gasteiger partial charge >= 0.3 is 0 Å². The first kappa shape index (κ1) is 16.7. The highest BCUT2D eigenvalue weighted by Crippen LogP contribution is 2.13. The van der Waals surface area contributed by atoms with Crippen LogP contribution < -0.4 is 5.32 Å². The summed E-state index contributed by atoms with van der Waals surface area (Å²) in [6.45, 7) is 5.01. The van der Waals surface area contributed by atoms with Gasteiger partial charge in [-0.05, 0) is 37.8 Å². The molecule has 128 valence electrons. The standard InChI is InChI=1S/C19H25N3O2/c1-2-16-13-18(24-21-16)19(23)20-17-9-6-11-22(14-17)12-10-15-7-4-3-5-8-15/h3-5,7-8,13,17H,2,6,9-12,14H2,1H3,(H,20,23)/t17-/m0/s1. The lowest BCUT2D eigenvalue weighted by molar-refractivity contribution is 0.0867. The van der Waals surface area contributed by atoms with Crippen LogP contribution in [0.15, 0.2) is 40.9 Å². The summed E-state index contributed by atoms with van der Waals surface area (Å²) in [4.78, 5) is 14.7. The van der Waals surface area contributed by atoms with Gasteiger partial charge in [0.1, 0.15) is 0 Å². The lowest BCUT2D eigenvalue weighted by Crippen LogP contribution is -2.48. The average Bonchev–Trinajstić information content (AvgIpc) is 3.11. The van der Waals surface area contributed by atoms with Crippen LogP contribution in [0, 0.1) is 0 Å². The van der Waals surface area contributed by atoms with Crippen LogP contribution >= 0.6 is 0 Å².